The van der Waals surface area contributed by atoms with Crippen molar-refractivity contribution in [2.75, 3.05) is 6.38 Å². The monoisotopic (exact) mass is 392 g/mol. The third-order valence-electron chi connectivity index (χ3n) is 3.43. The molecular formula is C21H26ClFN2O2. The highest BCUT2D eigenvalue weighted by atomic mass is 35.5. The summed E-state index contributed by atoms with van der Waals surface area (Å²) in [6.45, 7) is 5.57. The first-order chi connectivity index (χ1) is 13.0. The summed E-state index contributed by atoms with van der Waals surface area (Å²) in [7, 11) is 0. The number of carbonyl (C=O) groups excluding carboxylic acids is 1. The van der Waals surface area contributed by atoms with Crippen molar-refractivity contribution in [2.24, 2.45) is 0 Å². The minimum atomic E-state index is -0.893. The van der Waals surface area contributed by atoms with E-state index in [-0.39, 0.29) is 0 Å². The Balaban J connectivity index is 0.00000326. The van der Waals surface area contributed by atoms with E-state index in [4.69, 9.17) is 4.74 Å². The molecule has 1 rings (SSSR count). The molecule has 0 aliphatic heterocycles. The fraction of sp³-hybridized carbons (Fsp3) is 0.333. The zero-order valence-electron chi connectivity index (χ0n) is 16.1. The molecule has 1 aromatic carbocycles. The lowest BCUT2D eigenvalue weighted by Crippen LogP contribution is -2.43. The molecule has 0 spiro atoms. The largest absolute Gasteiger partial charge is 0.481 e. The molecule has 0 heterocycles. The molecule has 0 saturated heterocycles. The molecule has 0 fully saturated rings. The Kier molecular flexibility index (Phi) is 13.2. The van der Waals surface area contributed by atoms with Crippen LogP contribution in [0.4, 0.5) is 4.39 Å². The Morgan fingerprint density at radius 3 is 2.48 bits per heavy atom. The van der Waals surface area contributed by atoms with Crippen LogP contribution in [-0.2, 0) is 4.79 Å². The number of alkyl halides is 1. The first kappa shape index (κ1) is 24.4. The minimum Gasteiger partial charge on any atom is -0.481 e. The molecular weight excluding hydrogens is 367 g/mol. The molecule has 0 aromatic heterocycles. The summed E-state index contributed by atoms with van der Waals surface area (Å²) in [5.41, 5.74) is 1.58. The molecule has 0 bridgehead atoms. The van der Waals surface area contributed by atoms with Gasteiger partial charge in [-0.25, -0.2) is 4.39 Å². The van der Waals surface area contributed by atoms with Gasteiger partial charge in [0.25, 0.3) is 5.91 Å². The molecule has 1 aromatic rings. The summed E-state index contributed by atoms with van der Waals surface area (Å²) in [4.78, 5) is 12.5. The van der Waals surface area contributed by atoms with Crippen molar-refractivity contribution in [2.45, 2.75) is 39.3 Å². The van der Waals surface area contributed by atoms with Gasteiger partial charge in [0.2, 0.25) is 0 Å². The molecule has 0 radical (unpaired) electrons. The van der Waals surface area contributed by atoms with Gasteiger partial charge in [-0.2, -0.15) is 5.26 Å². The Bertz CT molecular complexity index is 691. The van der Waals surface area contributed by atoms with Crippen LogP contribution in [0.2, 0.25) is 0 Å². The molecule has 0 aliphatic rings. The minimum absolute atomic E-state index is 0.370. The molecule has 0 saturated carbocycles. The van der Waals surface area contributed by atoms with Gasteiger partial charge in [0.15, 0.2) is 6.10 Å². The average Bonchev–Trinajstić information content (AvgIpc) is 2.70. The molecule has 146 valence electrons. The van der Waals surface area contributed by atoms with Gasteiger partial charge in [-0.05, 0) is 44.1 Å². The zero-order valence-corrected chi connectivity index (χ0v) is 16.8. The van der Waals surface area contributed by atoms with E-state index in [1.165, 1.54) is 18.5 Å². The standard InChI is InChI=1S/C20H23FN2O2.CH3Cl/c1-4-7-16(8-6-13-21)18(14-22)23-20(24)19(5-2)25-17-11-9-15(3)10-12-17;1-2/h4,6-13,18-19H,5H2,1-3H3,(H,23,24);1H3/b7-4-,13-6+,16-8+;. The van der Waals surface area contributed by atoms with E-state index in [0.29, 0.717) is 24.1 Å². The first-order valence-electron chi connectivity index (χ1n) is 8.46. The highest BCUT2D eigenvalue weighted by Crippen LogP contribution is 2.15. The predicted molar refractivity (Wildman–Crippen MR) is 108 cm³/mol. The molecule has 2 atom stereocenters. The van der Waals surface area contributed by atoms with Crippen molar-refractivity contribution in [1.29, 1.82) is 5.26 Å². The summed E-state index contributed by atoms with van der Waals surface area (Å²) in [6, 6.07) is 8.51. The number of hydrogen-bond acceptors (Lipinski definition) is 3. The second kappa shape index (κ2) is 14.6. The van der Waals surface area contributed by atoms with Crippen LogP contribution < -0.4 is 10.1 Å². The fourth-order valence-corrected chi connectivity index (χ4v) is 2.12. The topological polar surface area (TPSA) is 62.1 Å². The maximum atomic E-state index is 12.5. The van der Waals surface area contributed by atoms with Crippen molar-refractivity contribution >= 4 is 17.5 Å². The highest BCUT2D eigenvalue weighted by molar-refractivity contribution is 6.15. The number of hydrogen-bond donors (Lipinski definition) is 1. The SMILES string of the molecule is CCl.C\C=C/C(=C\C=C\F)C(C#N)NC(=O)C(CC)Oc1ccc(C)cc1. The van der Waals surface area contributed by atoms with Gasteiger partial charge in [-0.1, -0.05) is 42.8 Å². The van der Waals surface area contributed by atoms with Crippen molar-refractivity contribution in [3.63, 3.8) is 0 Å². The molecule has 2 unspecified atom stereocenters. The summed E-state index contributed by atoms with van der Waals surface area (Å²) in [6.07, 6.45) is 7.55. The second-order valence-corrected chi connectivity index (χ2v) is 5.38. The van der Waals surface area contributed by atoms with E-state index in [0.717, 1.165) is 5.56 Å². The van der Waals surface area contributed by atoms with Crippen LogP contribution in [0.1, 0.15) is 25.8 Å². The van der Waals surface area contributed by atoms with Gasteiger partial charge in [-0.3, -0.25) is 4.79 Å². The van der Waals surface area contributed by atoms with Crippen molar-refractivity contribution in [3.05, 3.63) is 66.0 Å². The Labute approximate surface area is 166 Å². The lowest BCUT2D eigenvalue weighted by Gasteiger charge is -2.20. The van der Waals surface area contributed by atoms with Crippen LogP contribution in [0.15, 0.2) is 60.5 Å². The lowest BCUT2D eigenvalue weighted by molar-refractivity contribution is -0.128. The molecule has 6 heteroatoms. The Hall–Kier alpha value is -2.58. The molecule has 1 amide bonds. The molecule has 4 nitrogen and oxygen atoms in total. The van der Waals surface area contributed by atoms with Crippen LogP contribution in [0.3, 0.4) is 0 Å². The summed E-state index contributed by atoms with van der Waals surface area (Å²) >= 11 is 4.64. The van der Waals surface area contributed by atoms with Crippen molar-refractivity contribution in [1.82, 2.24) is 5.32 Å². The van der Waals surface area contributed by atoms with E-state index < -0.39 is 18.1 Å². The van der Waals surface area contributed by atoms with E-state index >= 15 is 0 Å². The third-order valence-corrected chi connectivity index (χ3v) is 3.43. The van der Waals surface area contributed by atoms with Gasteiger partial charge in [-0.15, -0.1) is 11.6 Å². The number of benzene rings is 1. The maximum absolute atomic E-state index is 12.5. The second-order valence-electron chi connectivity index (χ2n) is 5.38. The number of nitrogens with one attached hydrogen (secondary N) is 1. The van der Waals surface area contributed by atoms with Gasteiger partial charge in [0.1, 0.15) is 11.8 Å². The van der Waals surface area contributed by atoms with Gasteiger partial charge < -0.3 is 10.1 Å². The molecule has 0 aliphatic carbocycles. The predicted octanol–water partition coefficient (Wildman–Crippen LogP) is 5.00. The summed E-state index contributed by atoms with van der Waals surface area (Å²) in [5.74, 6) is 0.194. The summed E-state index contributed by atoms with van der Waals surface area (Å²) < 4.78 is 18.0. The number of ether oxygens (including phenoxy) is 1. The van der Waals surface area contributed by atoms with Crippen molar-refractivity contribution < 1.29 is 13.9 Å². The quantitative estimate of drug-likeness (QED) is 0.500. The average molecular weight is 393 g/mol. The van der Waals surface area contributed by atoms with E-state index in [9.17, 15) is 14.4 Å². The van der Waals surface area contributed by atoms with Crippen LogP contribution in [-0.4, -0.2) is 24.4 Å². The van der Waals surface area contributed by atoms with E-state index in [2.05, 4.69) is 16.9 Å². The maximum Gasteiger partial charge on any atom is 0.262 e. The van der Waals surface area contributed by atoms with Gasteiger partial charge in [0.05, 0.1) is 12.4 Å². The van der Waals surface area contributed by atoms with E-state index in [1.807, 2.05) is 32.0 Å². The number of rotatable bonds is 8. The number of nitrogens with zero attached hydrogens (tertiary/aromatic N) is 1. The number of aryl methyl sites for hydroxylation is 1. The van der Waals surface area contributed by atoms with Gasteiger partial charge in [0, 0.05) is 6.38 Å². The Morgan fingerprint density at radius 2 is 2.00 bits per heavy atom. The van der Waals surface area contributed by atoms with Crippen LogP contribution in [0.25, 0.3) is 0 Å². The van der Waals surface area contributed by atoms with E-state index in [1.54, 1.807) is 31.2 Å². The first-order valence-corrected chi connectivity index (χ1v) is 9.22. The number of carbonyl (C=O) groups is 1. The number of halogens is 2. The normalized spacial score (nSPS) is 13.4. The highest BCUT2D eigenvalue weighted by Gasteiger charge is 2.22. The van der Waals surface area contributed by atoms with Crippen LogP contribution >= 0.6 is 11.6 Å². The molecule has 1 N–H and O–H groups in total. The third kappa shape index (κ3) is 9.07. The zero-order chi connectivity index (χ0) is 20.7. The van der Waals surface area contributed by atoms with Crippen LogP contribution in [0.5, 0.6) is 5.75 Å². The van der Waals surface area contributed by atoms with Crippen molar-refractivity contribution in [3.8, 4) is 11.8 Å². The lowest BCUT2D eigenvalue weighted by atomic mass is 10.1. The molecule has 27 heavy (non-hydrogen) atoms. The summed E-state index contributed by atoms with van der Waals surface area (Å²) in [5, 5.41) is 12.0. The number of nitriles is 1. The smallest absolute Gasteiger partial charge is 0.262 e. The number of allylic oxidation sites excluding steroid dienone is 3. The van der Waals surface area contributed by atoms with Gasteiger partial charge >= 0.3 is 0 Å². The number of amides is 1. The Morgan fingerprint density at radius 1 is 1.37 bits per heavy atom. The fourth-order valence-electron chi connectivity index (χ4n) is 2.12. The van der Waals surface area contributed by atoms with Crippen LogP contribution in [0, 0.1) is 18.3 Å².